The van der Waals surface area contributed by atoms with Gasteiger partial charge in [-0.15, -0.1) is 11.3 Å². The molecule has 96 valence electrons. The summed E-state index contributed by atoms with van der Waals surface area (Å²) >= 11 is 1.74. The lowest BCUT2D eigenvalue weighted by molar-refractivity contribution is 0.758. The molecule has 5 nitrogen and oxygen atoms in total. The Morgan fingerprint density at radius 2 is 2.17 bits per heavy atom. The van der Waals surface area contributed by atoms with Crippen LogP contribution in [0.4, 0.5) is 17.6 Å². The number of rotatable bonds is 5. The van der Waals surface area contributed by atoms with Crippen molar-refractivity contribution >= 4 is 28.9 Å². The first kappa shape index (κ1) is 12.6. The van der Waals surface area contributed by atoms with E-state index in [-0.39, 0.29) is 12.0 Å². The Labute approximate surface area is 110 Å². The minimum atomic E-state index is 0.254. The Balaban J connectivity index is 2.19. The first-order valence-electron chi connectivity index (χ1n) is 5.85. The average molecular weight is 263 g/mol. The Hall–Kier alpha value is -1.82. The summed E-state index contributed by atoms with van der Waals surface area (Å²) in [5, 5.41) is 8.43. The lowest BCUT2D eigenvalue weighted by Gasteiger charge is -2.16. The molecule has 0 spiro atoms. The van der Waals surface area contributed by atoms with E-state index in [2.05, 4.69) is 45.0 Å². The minimum absolute atomic E-state index is 0.254. The minimum Gasteiger partial charge on any atom is -0.373 e. The largest absolute Gasteiger partial charge is 0.373 e. The van der Waals surface area contributed by atoms with Crippen molar-refractivity contribution in [2.75, 3.05) is 23.4 Å². The first-order chi connectivity index (χ1) is 8.72. The van der Waals surface area contributed by atoms with Gasteiger partial charge in [-0.3, -0.25) is 0 Å². The van der Waals surface area contributed by atoms with Crippen LogP contribution in [0.15, 0.2) is 23.6 Å². The summed E-state index contributed by atoms with van der Waals surface area (Å²) in [5.41, 5.74) is 5.67. The quantitative estimate of drug-likeness (QED) is 0.773. The van der Waals surface area contributed by atoms with Gasteiger partial charge in [0.2, 0.25) is 5.95 Å². The third kappa shape index (κ3) is 2.89. The summed E-state index contributed by atoms with van der Waals surface area (Å²) in [6, 6.07) is 6.28. The number of hydrogen-bond acceptors (Lipinski definition) is 6. The molecule has 0 radical (unpaired) electrons. The van der Waals surface area contributed by atoms with Gasteiger partial charge < -0.3 is 16.4 Å². The van der Waals surface area contributed by atoms with Crippen LogP contribution in [0.3, 0.4) is 0 Å². The van der Waals surface area contributed by atoms with Crippen molar-refractivity contribution in [1.29, 1.82) is 0 Å². The SMILES string of the molecule is CCC(Nc1cc(NC)nc(N)n1)c1cccs1. The van der Waals surface area contributed by atoms with E-state index >= 15 is 0 Å². The van der Waals surface area contributed by atoms with E-state index in [0.717, 1.165) is 12.2 Å². The standard InChI is InChI=1S/C12H17N5S/c1-3-8(9-5-4-6-18-9)15-11-7-10(14-2)16-12(13)17-11/h4-8H,3H2,1-2H3,(H4,13,14,15,16,17). The van der Waals surface area contributed by atoms with Crippen LogP contribution in [0.25, 0.3) is 0 Å². The van der Waals surface area contributed by atoms with Gasteiger partial charge in [0.15, 0.2) is 0 Å². The van der Waals surface area contributed by atoms with Crippen molar-refractivity contribution < 1.29 is 0 Å². The van der Waals surface area contributed by atoms with Crippen molar-refractivity contribution in [3.05, 3.63) is 28.5 Å². The van der Waals surface area contributed by atoms with Crippen LogP contribution in [0.5, 0.6) is 0 Å². The second-order valence-corrected chi connectivity index (χ2v) is 4.85. The molecule has 0 saturated heterocycles. The third-order valence-electron chi connectivity index (χ3n) is 2.62. The lowest BCUT2D eigenvalue weighted by atomic mass is 10.2. The monoisotopic (exact) mass is 263 g/mol. The predicted octanol–water partition coefficient (Wildman–Crippen LogP) is 2.73. The summed E-state index contributed by atoms with van der Waals surface area (Å²) in [4.78, 5) is 9.56. The van der Waals surface area contributed by atoms with Gasteiger partial charge in [0.1, 0.15) is 11.6 Å². The summed E-state index contributed by atoms with van der Waals surface area (Å²) in [6.45, 7) is 2.14. The van der Waals surface area contributed by atoms with E-state index in [4.69, 9.17) is 5.73 Å². The second kappa shape index (κ2) is 5.68. The predicted molar refractivity (Wildman–Crippen MR) is 77.0 cm³/mol. The van der Waals surface area contributed by atoms with Crippen LogP contribution in [-0.4, -0.2) is 17.0 Å². The highest BCUT2D eigenvalue weighted by Crippen LogP contribution is 2.26. The molecule has 0 bridgehead atoms. The van der Waals surface area contributed by atoms with Gasteiger partial charge in [0.25, 0.3) is 0 Å². The number of aromatic nitrogens is 2. The fourth-order valence-corrected chi connectivity index (χ4v) is 2.57. The van der Waals surface area contributed by atoms with Crippen LogP contribution in [0, 0.1) is 0 Å². The smallest absolute Gasteiger partial charge is 0.223 e. The number of nitrogens with one attached hydrogen (secondary N) is 2. The number of nitrogens with two attached hydrogens (primary N) is 1. The average Bonchev–Trinajstić information content (AvgIpc) is 2.89. The van der Waals surface area contributed by atoms with E-state index in [1.807, 2.05) is 13.1 Å². The second-order valence-electron chi connectivity index (χ2n) is 3.87. The number of nitrogens with zero attached hydrogens (tertiary/aromatic N) is 2. The molecule has 0 aliphatic carbocycles. The van der Waals surface area contributed by atoms with Crippen molar-refractivity contribution in [3.63, 3.8) is 0 Å². The number of hydrogen-bond donors (Lipinski definition) is 3. The number of thiophene rings is 1. The highest BCUT2D eigenvalue weighted by Gasteiger charge is 2.11. The third-order valence-corrected chi connectivity index (χ3v) is 3.60. The maximum Gasteiger partial charge on any atom is 0.223 e. The maximum absolute atomic E-state index is 5.67. The van der Waals surface area contributed by atoms with E-state index in [0.29, 0.717) is 5.82 Å². The summed E-state index contributed by atoms with van der Waals surface area (Å²) in [7, 11) is 1.81. The summed E-state index contributed by atoms with van der Waals surface area (Å²) in [6.07, 6.45) is 0.985. The van der Waals surface area contributed by atoms with Gasteiger partial charge in [-0.05, 0) is 17.9 Å². The zero-order chi connectivity index (χ0) is 13.0. The molecule has 1 atom stereocenters. The Kier molecular flexibility index (Phi) is 3.99. The highest BCUT2D eigenvalue weighted by molar-refractivity contribution is 7.10. The zero-order valence-corrected chi connectivity index (χ0v) is 11.3. The van der Waals surface area contributed by atoms with E-state index < -0.39 is 0 Å². The molecule has 0 aliphatic heterocycles. The molecule has 2 aromatic rings. The van der Waals surface area contributed by atoms with Crippen LogP contribution >= 0.6 is 11.3 Å². The number of nitrogen functional groups attached to an aromatic ring is 1. The topological polar surface area (TPSA) is 75.9 Å². The van der Waals surface area contributed by atoms with Crippen molar-refractivity contribution in [3.8, 4) is 0 Å². The molecule has 18 heavy (non-hydrogen) atoms. The van der Waals surface area contributed by atoms with Gasteiger partial charge in [0.05, 0.1) is 6.04 Å². The highest BCUT2D eigenvalue weighted by atomic mass is 32.1. The lowest BCUT2D eigenvalue weighted by Crippen LogP contribution is -2.11. The van der Waals surface area contributed by atoms with E-state index in [1.165, 1.54) is 4.88 Å². The molecule has 2 rings (SSSR count). The zero-order valence-electron chi connectivity index (χ0n) is 10.5. The Morgan fingerprint density at radius 1 is 1.39 bits per heavy atom. The van der Waals surface area contributed by atoms with Crippen LogP contribution < -0.4 is 16.4 Å². The fraction of sp³-hybridized carbons (Fsp3) is 0.333. The van der Waals surface area contributed by atoms with Crippen molar-refractivity contribution in [2.45, 2.75) is 19.4 Å². The molecule has 2 heterocycles. The molecular weight excluding hydrogens is 246 g/mol. The molecule has 6 heteroatoms. The number of anilines is 3. The maximum atomic E-state index is 5.67. The van der Waals surface area contributed by atoms with Crippen molar-refractivity contribution in [2.24, 2.45) is 0 Å². The summed E-state index contributed by atoms with van der Waals surface area (Å²) < 4.78 is 0. The van der Waals surface area contributed by atoms with Gasteiger partial charge >= 0.3 is 0 Å². The van der Waals surface area contributed by atoms with Crippen molar-refractivity contribution in [1.82, 2.24) is 9.97 Å². The van der Waals surface area contributed by atoms with E-state index in [1.54, 1.807) is 11.3 Å². The molecule has 0 aromatic carbocycles. The van der Waals surface area contributed by atoms with Crippen LogP contribution in [-0.2, 0) is 0 Å². The molecule has 0 amide bonds. The molecule has 0 aliphatic rings. The Morgan fingerprint density at radius 3 is 2.78 bits per heavy atom. The molecule has 4 N–H and O–H groups in total. The van der Waals surface area contributed by atoms with E-state index in [9.17, 15) is 0 Å². The fourth-order valence-electron chi connectivity index (χ4n) is 1.71. The van der Waals surface area contributed by atoms with Gasteiger partial charge in [0, 0.05) is 18.0 Å². The summed E-state index contributed by atoms with van der Waals surface area (Å²) in [5.74, 6) is 1.73. The van der Waals surface area contributed by atoms with Crippen LogP contribution in [0.2, 0.25) is 0 Å². The molecule has 0 saturated carbocycles. The first-order valence-corrected chi connectivity index (χ1v) is 6.73. The molecular formula is C12H17N5S. The molecule has 1 unspecified atom stereocenters. The van der Waals surface area contributed by atoms with Gasteiger partial charge in [-0.1, -0.05) is 13.0 Å². The van der Waals surface area contributed by atoms with Gasteiger partial charge in [-0.25, -0.2) is 0 Å². The Bertz CT molecular complexity index is 497. The van der Waals surface area contributed by atoms with Gasteiger partial charge in [-0.2, -0.15) is 9.97 Å². The molecule has 2 aromatic heterocycles. The normalized spacial score (nSPS) is 12.1. The van der Waals surface area contributed by atoms with Crippen LogP contribution in [0.1, 0.15) is 24.3 Å². The molecule has 0 fully saturated rings.